The molecular weight excluding hydrogens is 497 g/mol. The standard InChI is InChI=1S/C23H23F3N6O3S/c1-32(36(2,34)35)17-5-3-4-14(10-17)12-27-21-18(23(24,25)26)13-28-22(31-21)29-16-8-6-15-7-9-20(33)30-19(15)11-16/h3-6,8,10-11,13H,7,9,12H2,1-2H3,(H,30,33)(H2,27,28,29,31). The van der Waals surface area contributed by atoms with Crippen molar-refractivity contribution >= 4 is 44.8 Å². The van der Waals surface area contributed by atoms with E-state index >= 15 is 0 Å². The Bertz CT molecular complexity index is 1410. The summed E-state index contributed by atoms with van der Waals surface area (Å²) in [6, 6.07) is 11.6. The number of aryl methyl sites for hydroxylation is 1. The zero-order valence-corrected chi connectivity index (χ0v) is 20.2. The minimum Gasteiger partial charge on any atom is -0.365 e. The molecular formula is C23H23F3N6O3S. The SMILES string of the molecule is CN(c1cccc(CNc2nc(Nc3ccc4c(c3)NC(=O)CC4)ncc2C(F)(F)F)c1)S(C)(=O)=O. The second kappa shape index (κ2) is 9.64. The molecule has 1 aromatic heterocycles. The average molecular weight is 521 g/mol. The molecule has 0 saturated carbocycles. The minimum atomic E-state index is -4.70. The van der Waals surface area contributed by atoms with E-state index in [0.29, 0.717) is 41.7 Å². The lowest BCUT2D eigenvalue weighted by Gasteiger charge is -2.19. The number of nitrogens with one attached hydrogen (secondary N) is 3. The Labute approximate surface area is 205 Å². The third-order valence-corrected chi connectivity index (χ3v) is 6.79. The molecule has 0 fully saturated rings. The first kappa shape index (κ1) is 25.2. The smallest absolute Gasteiger partial charge is 0.365 e. The Morgan fingerprint density at radius 2 is 1.92 bits per heavy atom. The number of aromatic nitrogens is 2. The van der Waals surface area contributed by atoms with Crippen LogP contribution in [0.5, 0.6) is 0 Å². The number of benzene rings is 2. The molecule has 0 radical (unpaired) electrons. The van der Waals surface area contributed by atoms with Crippen molar-refractivity contribution in [2.24, 2.45) is 0 Å². The molecule has 0 spiro atoms. The molecule has 1 aliphatic rings. The maximum Gasteiger partial charge on any atom is 0.421 e. The lowest BCUT2D eigenvalue weighted by Crippen LogP contribution is -2.24. The molecule has 3 aromatic rings. The predicted molar refractivity (Wildman–Crippen MR) is 131 cm³/mol. The number of halogens is 3. The van der Waals surface area contributed by atoms with Crippen LogP contribution < -0.4 is 20.3 Å². The number of sulfonamides is 1. The Hall–Kier alpha value is -3.87. The largest absolute Gasteiger partial charge is 0.421 e. The molecule has 13 heteroatoms. The van der Waals surface area contributed by atoms with Crippen molar-refractivity contribution in [1.82, 2.24) is 9.97 Å². The van der Waals surface area contributed by atoms with E-state index in [2.05, 4.69) is 25.9 Å². The fourth-order valence-corrected chi connectivity index (χ4v) is 4.10. The van der Waals surface area contributed by atoms with E-state index in [1.165, 1.54) is 7.05 Å². The molecule has 1 amide bonds. The van der Waals surface area contributed by atoms with E-state index in [1.54, 1.807) is 36.4 Å². The Kier molecular flexibility index (Phi) is 6.76. The van der Waals surface area contributed by atoms with E-state index in [1.807, 2.05) is 6.07 Å². The van der Waals surface area contributed by atoms with Crippen LogP contribution in [-0.4, -0.2) is 37.6 Å². The monoisotopic (exact) mass is 520 g/mol. The average Bonchev–Trinajstić information content (AvgIpc) is 2.81. The molecule has 4 rings (SSSR count). The first-order valence-electron chi connectivity index (χ1n) is 10.8. The van der Waals surface area contributed by atoms with Crippen LogP contribution in [0.15, 0.2) is 48.7 Å². The van der Waals surface area contributed by atoms with E-state index in [-0.39, 0.29) is 18.4 Å². The van der Waals surface area contributed by atoms with Crippen LogP contribution in [0, 0.1) is 0 Å². The number of rotatable bonds is 7. The molecule has 0 bridgehead atoms. The van der Waals surface area contributed by atoms with Crippen LogP contribution in [0.25, 0.3) is 0 Å². The van der Waals surface area contributed by atoms with Crippen molar-refractivity contribution in [2.45, 2.75) is 25.6 Å². The van der Waals surface area contributed by atoms with E-state index in [4.69, 9.17) is 0 Å². The van der Waals surface area contributed by atoms with Gasteiger partial charge < -0.3 is 16.0 Å². The third-order valence-electron chi connectivity index (χ3n) is 5.59. The van der Waals surface area contributed by atoms with Gasteiger partial charge in [0.05, 0.1) is 11.9 Å². The number of nitrogens with zero attached hydrogens (tertiary/aromatic N) is 3. The number of amides is 1. The van der Waals surface area contributed by atoms with Gasteiger partial charge in [0, 0.05) is 37.6 Å². The van der Waals surface area contributed by atoms with E-state index < -0.39 is 27.6 Å². The number of carbonyl (C=O) groups excluding carboxylic acids is 1. The Morgan fingerprint density at radius 1 is 1.14 bits per heavy atom. The molecule has 3 N–H and O–H groups in total. The van der Waals surface area contributed by atoms with Crippen molar-refractivity contribution in [3.8, 4) is 0 Å². The van der Waals surface area contributed by atoms with Gasteiger partial charge in [-0.05, 0) is 41.8 Å². The lowest BCUT2D eigenvalue weighted by molar-refractivity contribution is -0.137. The van der Waals surface area contributed by atoms with Crippen LogP contribution >= 0.6 is 0 Å². The van der Waals surface area contributed by atoms with Gasteiger partial charge in [0.2, 0.25) is 21.9 Å². The van der Waals surface area contributed by atoms with Crippen molar-refractivity contribution in [3.63, 3.8) is 0 Å². The summed E-state index contributed by atoms with van der Waals surface area (Å²) in [6.07, 6.45) is -1.96. The topological polar surface area (TPSA) is 116 Å². The molecule has 2 heterocycles. The molecule has 190 valence electrons. The van der Waals surface area contributed by atoms with Crippen LogP contribution in [0.1, 0.15) is 23.1 Å². The normalized spacial score (nSPS) is 13.5. The summed E-state index contributed by atoms with van der Waals surface area (Å²) in [4.78, 5) is 19.5. The molecule has 0 unspecified atom stereocenters. The van der Waals surface area contributed by atoms with Gasteiger partial charge in [-0.15, -0.1) is 0 Å². The van der Waals surface area contributed by atoms with Crippen molar-refractivity contribution in [1.29, 1.82) is 0 Å². The summed E-state index contributed by atoms with van der Waals surface area (Å²) in [5, 5.41) is 8.32. The first-order chi connectivity index (χ1) is 16.9. The Balaban J connectivity index is 1.57. The highest BCUT2D eigenvalue weighted by atomic mass is 32.2. The van der Waals surface area contributed by atoms with Gasteiger partial charge in [0.15, 0.2) is 0 Å². The molecule has 0 atom stereocenters. The quantitative estimate of drug-likeness (QED) is 0.429. The molecule has 1 aliphatic heterocycles. The lowest BCUT2D eigenvalue weighted by atomic mass is 10.0. The highest BCUT2D eigenvalue weighted by Crippen LogP contribution is 2.35. The van der Waals surface area contributed by atoms with Gasteiger partial charge in [0.25, 0.3) is 0 Å². The highest BCUT2D eigenvalue weighted by Gasteiger charge is 2.35. The van der Waals surface area contributed by atoms with Crippen molar-refractivity contribution < 1.29 is 26.4 Å². The zero-order valence-electron chi connectivity index (χ0n) is 19.3. The molecule has 2 aromatic carbocycles. The van der Waals surface area contributed by atoms with Crippen LogP contribution in [0.4, 0.5) is 42.0 Å². The second-order valence-electron chi connectivity index (χ2n) is 8.25. The number of hydrogen-bond acceptors (Lipinski definition) is 7. The predicted octanol–water partition coefficient (Wildman–Crippen LogP) is 4.13. The van der Waals surface area contributed by atoms with Gasteiger partial charge in [-0.25, -0.2) is 13.4 Å². The maximum atomic E-state index is 13.6. The summed E-state index contributed by atoms with van der Waals surface area (Å²) in [5.41, 5.74) is 1.96. The number of anilines is 5. The van der Waals surface area contributed by atoms with Gasteiger partial charge in [-0.1, -0.05) is 18.2 Å². The molecule has 9 nitrogen and oxygen atoms in total. The van der Waals surface area contributed by atoms with E-state index in [9.17, 15) is 26.4 Å². The van der Waals surface area contributed by atoms with Crippen molar-refractivity contribution in [3.05, 3.63) is 65.4 Å². The van der Waals surface area contributed by atoms with Gasteiger partial charge >= 0.3 is 6.18 Å². The van der Waals surface area contributed by atoms with Gasteiger partial charge in [-0.3, -0.25) is 9.10 Å². The highest BCUT2D eigenvalue weighted by molar-refractivity contribution is 7.92. The van der Waals surface area contributed by atoms with E-state index in [0.717, 1.165) is 16.1 Å². The summed E-state index contributed by atoms with van der Waals surface area (Å²) >= 11 is 0. The maximum absolute atomic E-state index is 13.6. The fraction of sp³-hybridized carbons (Fsp3) is 0.261. The number of carbonyl (C=O) groups is 1. The van der Waals surface area contributed by atoms with Crippen molar-refractivity contribution in [2.75, 3.05) is 33.6 Å². The summed E-state index contributed by atoms with van der Waals surface area (Å²) < 4.78 is 65.5. The van der Waals surface area contributed by atoms with Crippen LogP contribution in [-0.2, 0) is 34.0 Å². The Morgan fingerprint density at radius 3 is 2.64 bits per heavy atom. The summed E-state index contributed by atoms with van der Waals surface area (Å²) in [6.45, 7) is -0.0458. The first-order valence-corrected chi connectivity index (χ1v) is 12.7. The third kappa shape index (κ3) is 5.85. The number of fused-ring (bicyclic) bond motifs is 1. The van der Waals surface area contributed by atoms with Crippen LogP contribution in [0.3, 0.4) is 0 Å². The molecule has 36 heavy (non-hydrogen) atoms. The zero-order chi connectivity index (χ0) is 26.1. The molecule has 0 aliphatic carbocycles. The summed E-state index contributed by atoms with van der Waals surface area (Å²) in [5.74, 6) is -0.616. The summed E-state index contributed by atoms with van der Waals surface area (Å²) in [7, 11) is -2.11. The molecule has 0 saturated heterocycles. The number of alkyl halides is 3. The van der Waals surface area contributed by atoms with Gasteiger partial charge in [0.1, 0.15) is 11.4 Å². The second-order valence-corrected chi connectivity index (χ2v) is 10.3. The van der Waals surface area contributed by atoms with Gasteiger partial charge in [-0.2, -0.15) is 18.2 Å². The fourth-order valence-electron chi connectivity index (χ4n) is 3.60. The minimum absolute atomic E-state index is 0.0458. The van der Waals surface area contributed by atoms with Crippen LogP contribution in [0.2, 0.25) is 0 Å². The number of hydrogen-bond donors (Lipinski definition) is 3.